The van der Waals surface area contributed by atoms with Crippen LogP contribution in [0.5, 0.6) is 0 Å². The van der Waals surface area contributed by atoms with Gasteiger partial charge in [-0.25, -0.2) is 0 Å². The Bertz CT molecular complexity index is 256. The predicted octanol–water partition coefficient (Wildman–Crippen LogP) is 2.14. The highest BCUT2D eigenvalue weighted by atomic mass is 16.1. The summed E-state index contributed by atoms with van der Waals surface area (Å²) in [6.07, 6.45) is 6.94. The van der Waals surface area contributed by atoms with E-state index < -0.39 is 0 Å². The fourth-order valence-corrected chi connectivity index (χ4v) is 1.48. The Morgan fingerprint density at radius 1 is 1.69 bits per heavy atom. The lowest BCUT2D eigenvalue weighted by molar-refractivity contribution is -0.124. The first-order valence-electron chi connectivity index (χ1n) is 4.75. The zero-order valence-corrected chi connectivity index (χ0v) is 8.50. The van der Waals surface area contributed by atoms with E-state index in [9.17, 15) is 4.79 Å². The maximum Gasteiger partial charge on any atom is 0.142 e. The SMILES string of the molecule is CNC1=CC(C(=O)C(C)C)CC=C1.[HH]. The van der Waals surface area contributed by atoms with Crippen molar-refractivity contribution in [3.8, 4) is 0 Å². The molecule has 0 spiro atoms. The highest BCUT2D eigenvalue weighted by Gasteiger charge is 2.19. The predicted molar refractivity (Wildman–Crippen MR) is 56.3 cm³/mol. The first-order chi connectivity index (χ1) is 6.15. The summed E-state index contributed by atoms with van der Waals surface area (Å²) in [7, 11) is 1.87. The molecule has 1 rings (SSSR count). The monoisotopic (exact) mass is 181 g/mol. The normalized spacial score (nSPS) is 21.5. The van der Waals surface area contributed by atoms with Gasteiger partial charge in [0.15, 0.2) is 0 Å². The van der Waals surface area contributed by atoms with Crippen molar-refractivity contribution >= 4 is 5.78 Å². The summed E-state index contributed by atoms with van der Waals surface area (Å²) in [5, 5.41) is 3.05. The van der Waals surface area contributed by atoms with Crippen molar-refractivity contribution in [2.24, 2.45) is 11.8 Å². The molecule has 0 saturated carbocycles. The van der Waals surface area contributed by atoms with Crippen LogP contribution in [0.25, 0.3) is 0 Å². The standard InChI is InChI=1S/C11H17NO.H2/c1-8(2)11(13)9-5-4-6-10(7-9)12-3;/h4,6-9,12H,5H2,1-3H3;1H. The summed E-state index contributed by atoms with van der Waals surface area (Å²) < 4.78 is 0. The summed E-state index contributed by atoms with van der Waals surface area (Å²) in [6.45, 7) is 3.90. The Labute approximate surface area is 81.2 Å². The van der Waals surface area contributed by atoms with Crippen molar-refractivity contribution in [2.75, 3.05) is 7.05 Å². The lowest BCUT2D eigenvalue weighted by Crippen LogP contribution is -2.21. The van der Waals surface area contributed by atoms with Crippen LogP contribution in [0.1, 0.15) is 21.7 Å². The molecule has 2 heteroatoms. The van der Waals surface area contributed by atoms with Crippen LogP contribution in [0.15, 0.2) is 23.9 Å². The van der Waals surface area contributed by atoms with Crippen molar-refractivity contribution in [2.45, 2.75) is 20.3 Å². The fourth-order valence-electron chi connectivity index (χ4n) is 1.48. The Morgan fingerprint density at radius 3 is 2.92 bits per heavy atom. The van der Waals surface area contributed by atoms with Gasteiger partial charge in [-0.05, 0) is 12.5 Å². The Kier molecular flexibility index (Phi) is 3.29. The number of hydrogen-bond acceptors (Lipinski definition) is 2. The number of Topliss-reactive ketones (excluding diaryl/α,β-unsaturated/α-hetero) is 1. The third kappa shape index (κ3) is 2.44. The first kappa shape index (κ1) is 10.0. The van der Waals surface area contributed by atoms with Gasteiger partial charge in [0, 0.05) is 26.0 Å². The van der Waals surface area contributed by atoms with Crippen molar-refractivity contribution in [1.82, 2.24) is 5.32 Å². The molecule has 0 fully saturated rings. The van der Waals surface area contributed by atoms with Crippen LogP contribution >= 0.6 is 0 Å². The molecule has 1 atom stereocenters. The summed E-state index contributed by atoms with van der Waals surface area (Å²) in [6, 6.07) is 0. The highest BCUT2D eigenvalue weighted by Crippen LogP contribution is 2.19. The molecular weight excluding hydrogens is 162 g/mol. The van der Waals surface area contributed by atoms with Gasteiger partial charge in [-0.3, -0.25) is 4.79 Å². The molecule has 0 amide bonds. The van der Waals surface area contributed by atoms with Crippen molar-refractivity contribution < 1.29 is 6.22 Å². The second kappa shape index (κ2) is 4.26. The van der Waals surface area contributed by atoms with E-state index in [-0.39, 0.29) is 13.3 Å². The Hall–Kier alpha value is -1.05. The second-order valence-electron chi connectivity index (χ2n) is 3.67. The van der Waals surface area contributed by atoms with Gasteiger partial charge in [0.05, 0.1) is 0 Å². The third-order valence-electron chi connectivity index (χ3n) is 2.29. The van der Waals surface area contributed by atoms with Gasteiger partial charge < -0.3 is 5.32 Å². The van der Waals surface area contributed by atoms with Gasteiger partial charge in [-0.2, -0.15) is 0 Å². The minimum atomic E-state index is 0. The molecule has 0 heterocycles. The molecule has 0 radical (unpaired) electrons. The smallest absolute Gasteiger partial charge is 0.142 e. The molecular formula is C11H19NO. The first-order valence-corrected chi connectivity index (χ1v) is 4.75. The van der Waals surface area contributed by atoms with Crippen molar-refractivity contribution in [3.05, 3.63) is 23.9 Å². The number of carbonyl (C=O) groups is 1. The van der Waals surface area contributed by atoms with Crippen LogP contribution in [0.4, 0.5) is 0 Å². The maximum absolute atomic E-state index is 11.7. The van der Waals surface area contributed by atoms with E-state index in [0.29, 0.717) is 5.78 Å². The fraction of sp³-hybridized carbons (Fsp3) is 0.545. The van der Waals surface area contributed by atoms with Crippen LogP contribution < -0.4 is 5.32 Å². The number of nitrogens with one attached hydrogen (secondary N) is 1. The summed E-state index contributed by atoms with van der Waals surface area (Å²) in [4.78, 5) is 11.7. The Balaban J connectivity index is 0.00000169. The average Bonchev–Trinajstić information content (AvgIpc) is 2.16. The van der Waals surface area contributed by atoms with Gasteiger partial charge in [0.25, 0.3) is 0 Å². The zero-order valence-electron chi connectivity index (χ0n) is 8.50. The van der Waals surface area contributed by atoms with Gasteiger partial charge in [0.1, 0.15) is 5.78 Å². The van der Waals surface area contributed by atoms with E-state index in [2.05, 4.69) is 11.4 Å². The van der Waals surface area contributed by atoms with Gasteiger partial charge in [-0.15, -0.1) is 0 Å². The summed E-state index contributed by atoms with van der Waals surface area (Å²) in [5.41, 5.74) is 1.05. The molecule has 1 aliphatic rings. The van der Waals surface area contributed by atoms with E-state index in [1.807, 2.05) is 33.0 Å². The van der Waals surface area contributed by atoms with Crippen LogP contribution in [0.3, 0.4) is 0 Å². The molecule has 0 bridgehead atoms. The van der Waals surface area contributed by atoms with Crippen LogP contribution in [-0.2, 0) is 4.79 Å². The number of allylic oxidation sites excluding steroid dienone is 3. The molecule has 13 heavy (non-hydrogen) atoms. The lowest BCUT2D eigenvalue weighted by Gasteiger charge is -2.17. The second-order valence-corrected chi connectivity index (χ2v) is 3.67. The largest absolute Gasteiger partial charge is 0.388 e. The molecule has 0 aromatic heterocycles. The van der Waals surface area contributed by atoms with Gasteiger partial charge in [-0.1, -0.05) is 26.0 Å². The summed E-state index contributed by atoms with van der Waals surface area (Å²) >= 11 is 0. The lowest BCUT2D eigenvalue weighted by atomic mass is 9.89. The molecule has 0 saturated heterocycles. The van der Waals surface area contributed by atoms with E-state index in [0.717, 1.165) is 12.1 Å². The molecule has 0 aromatic carbocycles. The number of rotatable bonds is 3. The number of ketones is 1. The van der Waals surface area contributed by atoms with Crippen molar-refractivity contribution in [1.29, 1.82) is 0 Å². The van der Waals surface area contributed by atoms with Crippen LogP contribution in [-0.4, -0.2) is 12.8 Å². The van der Waals surface area contributed by atoms with E-state index in [1.54, 1.807) is 0 Å². The Morgan fingerprint density at radius 2 is 2.38 bits per heavy atom. The highest BCUT2D eigenvalue weighted by molar-refractivity contribution is 5.85. The molecule has 74 valence electrons. The number of carbonyl (C=O) groups excluding carboxylic acids is 1. The molecule has 0 aliphatic heterocycles. The number of hydrogen-bond donors (Lipinski definition) is 1. The van der Waals surface area contributed by atoms with E-state index >= 15 is 0 Å². The summed E-state index contributed by atoms with van der Waals surface area (Å²) in [5.74, 6) is 0.537. The van der Waals surface area contributed by atoms with Crippen LogP contribution in [0, 0.1) is 11.8 Å². The zero-order chi connectivity index (χ0) is 9.84. The molecule has 1 aliphatic carbocycles. The molecule has 0 aromatic rings. The van der Waals surface area contributed by atoms with Crippen LogP contribution in [0.2, 0.25) is 0 Å². The van der Waals surface area contributed by atoms with Gasteiger partial charge >= 0.3 is 0 Å². The average molecular weight is 181 g/mol. The minimum Gasteiger partial charge on any atom is -0.388 e. The quantitative estimate of drug-likeness (QED) is 0.722. The van der Waals surface area contributed by atoms with Crippen molar-refractivity contribution in [3.63, 3.8) is 0 Å². The molecule has 2 nitrogen and oxygen atoms in total. The third-order valence-corrected chi connectivity index (χ3v) is 2.29. The maximum atomic E-state index is 11.7. The molecule has 1 N–H and O–H groups in total. The van der Waals surface area contributed by atoms with E-state index in [1.165, 1.54) is 0 Å². The number of likely N-dealkylation sites (N-methyl/N-ethyl adjacent to an activating group) is 1. The molecule has 1 unspecified atom stereocenters. The van der Waals surface area contributed by atoms with E-state index in [4.69, 9.17) is 0 Å². The minimum absolute atomic E-state index is 0. The topological polar surface area (TPSA) is 29.1 Å². The van der Waals surface area contributed by atoms with Gasteiger partial charge in [0.2, 0.25) is 0 Å².